The molecule has 0 saturated heterocycles. The summed E-state index contributed by atoms with van der Waals surface area (Å²) in [5, 5.41) is 9.80. The van der Waals surface area contributed by atoms with Gasteiger partial charge in [-0.3, -0.25) is 9.69 Å². The van der Waals surface area contributed by atoms with Crippen molar-refractivity contribution in [3.05, 3.63) is 53.6 Å². The van der Waals surface area contributed by atoms with E-state index in [1.807, 2.05) is 38.1 Å². The van der Waals surface area contributed by atoms with Crippen LogP contribution < -0.4 is 14.4 Å². The highest BCUT2D eigenvalue weighted by Gasteiger charge is 2.25. The number of benzene rings is 2. The maximum Gasteiger partial charge on any atom is 0.264 e. The Kier molecular flexibility index (Phi) is 5.71. The molecule has 2 aromatic carbocycles. The van der Waals surface area contributed by atoms with Gasteiger partial charge in [-0.25, -0.2) is 0 Å². The zero-order valence-corrected chi connectivity index (χ0v) is 16.5. The van der Waals surface area contributed by atoms with Crippen LogP contribution in [0.2, 0.25) is 0 Å². The molecule has 1 aromatic heterocycles. The molecule has 3 aromatic rings. The zero-order valence-electron chi connectivity index (χ0n) is 15.7. The predicted octanol–water partition coefficient (Wildman–Crippen LogP) is 4.20. The van der Waals surface area contributed by atoms with E-state index < -0.39 is 0 Å². The minimum Gasteiger partial charge on any atom is -0.493 e. The summed E-state index contributed by atoms with van der Waals surface area (Å²) in [6, 6.07) is 13.3. The summed E-state index contributed by atoms with van der Waals surface area (Å²) in [6.07, 6.45) is 0. The number of hydrogen-bond donors (Lipinski definition) is 0. The third kappa shape index (κ3) is 3.78. The topological polar surface area (TPSA) is 64.6 Å². The summed E-state index contributed by atoms with van der Waals surface area (Å²) in [7, 11) is 3.06. The van der Waals surface area contributed by atoms with Crippen LogP contribution in [0.4, 0.5) is 5.13 Å². The molecule has 0 spiro atoms. The van der Waals surface area contributed by atoms with Crippen LogP contribution >= 0.6 is 11.3 Å². The molecule has 7 heteroatoms. The van der Waals surface area contributed by atoms with Gasteiger partial charge in [-0.2, -0.15) is 0 Å². The van der Waals surface area contributed by atoms with E-state index in [1.54, 1.807) is 30.2 Å². The highest BCUT2D eigenvalue weighted by molar-refractivity contribution is 7.18. The van der Waals surface area contributed by atoms with Crippen molar-refractivity contribution >= 4 is 22.4 Å². The van der Waals surface area contributed by atoms with Crippen molar-refractivity contribution in [3.63, 3.8) is 0 Å². The van der Waals surface area contributed by atoms with E-state index in [1.165, 1.54) is 24.0 Å². The van der Waals surface area contributed by atoms with Gasteiger partial charge in [0, 0.05) is 12.1 Å². The summed E-state index contributed by atoms with van der Waals surface area (Å²) >= 11 is 1.38. The number of rotatable bonds is 6. The van der Waals surface area contributed by atoms with Gasteiger partial charge in [0.1, 0.15) is 5.01 Å². The molecular weight excluding hydrogens is 362 g/mol. The van der Waals surface area contributed by atoms with Gasteiger partial charge in [0.05, 0.1) is 19.8 Å². The average Bonchev–Trinajstić information content (AvgIpc) is 3.18. The van der Waals surface area contributed by atoms with Gasteiger partial charge in [0.2, 0.25) is 5.13 Å². The van der Waals surface area contributed by atoms with Crippen LogP contribution in [-0.2, 0) is 0 Å². The number of aromatic nitrogens is 2. The third-order valence-corrected chi connectivity index (χ3v) is 5.13. The van der Waals surface area contributed by atoms with E-state index in [-0.39, 0.29) is 5.91 Å². The standard InChI is InChI=1S/C20H21N3O3S/c1-5-23(19(24)15-7-6-8-16(25-3)17(15)26-4)20-22-21-18(27-20)14-11-9-13(2)10-12-14/h6-12H,5H2,1-4H3. The number of hydrogen-bond acceptors (Lipinski definition) is 6. The van der Waals surface area contributed by atoms with Crippen molar-refractivity contribution in [1.29, 1.82) is 0 Å². The number of amides is 1. The van der Waals surface area contributed by atoms with Crippen molar-refractivity contribution in [1.82, 2.24) is 10.2 Å². The van der Waals surface area contributed by atoms with Crippen molar-refractivity contribution < 1.29 is 14.3 Å². The van der Waals surface area contributed by atoms with Gasteiger partial charge in [-0.05, 0) is 26.0 Å². The van der Waals surface area contributed by atoms with Crippen molar-refractivity contribution in [2.45, 2.75) is 13.8 Å². The number of methoxy groups -OCH3 is 2. The molecule has 3 rings (SSSR count). The number of anilines is 1. The SMILES string of the molecule is CCN(C(=O)c1cccc(OC)c1OC)c1nnc(-c2ccc(C)cc2)s1. The molecule has 0 bridgehead atoms. The summed E-state index contributed by atoms with van der Waals surface area (Å²) < 4.78 is 10.7. The fraction of sp³-hybridized carbons (Fsp3) is 0.250. The van der Waals surface area contributed by atoms with Gasteiger partial charge in [-0.1, -0.05) is 47.2 Å². The lowest BCUT2D eigenvalue weighted by Gasteiger charge is -2.19. The molecule has 0 aliphatic heterocycles. The Hall–Kier alpha value is -2.93. The average molecular weight is 383 g/mol. The molecule has 1 amide bonds. The molecule has 0 unspecified atom stereocenters. The van der Waals surface area contributed by atoms with Crippen LogP contribution in [0, 0.1) is 6.92 Å². The number of carbonyl (C=O) groups is 1. The second kappa shape index (κ2) is 8.18. The Labute approximate surface area is 162 Å². The van der Waals surface area contributed by atoms with Crippen LogP contribution in [0.3, 0.4) is 0 Å². The van der Waals surface area contributed by atoms with Crippen LogP contribution in [0.1, 0.15) is 22.8 Å². The van der Waals surface area contributed by atoms with E-state index in [2.05, 4.69) is 10.2 Å². The molecule has 140 valence electrons. The fourth-order valence-corrected chi connectivity index (χ4v) is 3.62. The normalized spacial score (nSPS) is 10.5. The number of aryl methyl sites for hydroxylation is 1. The van der Waals surface area contributed by atoms with E-state index in [4.69, 9.17) is 9.47 Å². The fourth-order valence-electron chi connectivity index (χ4n) is 2.70. The molecule has 1 heterocycles. The Balaban J connectivity index is 1.94. The summed E-state index contributed by atoms with van der Waals surface area (Å²) in [5.41, 5.74) is 2.58. The van der Waals surface area contributed by atoms with Gasteiger partial charge >= 0.3 is 0 Å². The molecule has 0 radical (unpaired) electrons. The molecule has 0 aliphatic rings. The molecule has 0 saturated carbocycles. The number of nitrogens with zero attached hydrogens (tertiary/aromatic N) is 3. The van der Waals surface area contributed by atoms with E-state index in [0.717, 1.165) is 10.6 Å². The first-order valence-electron chi connectivity index (χ1n) is 8.52. The third-order valence-electron chi connectivity index (χ3n) is 4.14. The van der Waals surface area contributed by atoms with Crippen molar-refractivity contribution in [3.8, 4) is 22.1 Å². The monoisotopic (exact) mass is 383 g/mol. The Morgan fingerprint density at radius 1 is 1.07 bits per heavy atom. The smallest absolute Gasteiger partial charge is 0.264 e. The largest absolute Gasteiger partial charge is 0.493 e. The molecule has 27 heavy (non-hydrogen) atoms. The molecule has 0 aliphatic carbocycles. The first-order chi connectivity index (χ1) is 13.1. The Morgan fingerprint density at radius 2 is 1.81 bits per heavy atom. The van der Waals surface area contributed by atoms with Gasteiger partial charge < -0.3 is 9.47 Å². The lowest BCUT2D eigenvalue weighted by molar-refractivity contribution is 0.0984. The summed E-state index contributed by atoms with van der Waals surface area (Å²) in [4.78, 5) is 14.7. The lowest BCUT2D eigenvalue weighted by Crippen LogP contribution is -2.31. The predicted molar refractivity (Wildman–Crippen MR) is 107 cm³/mol. The first-order valence-corrected chi connectivity index (χ1v) is 9.34. The summed E-state index contributed by atoms with van der Waals surface area (Å²) in [5.74, 6) is 0.712. The van der Waals surface area contributed by atoms with Crippen LogP contribution in [0.15, 0.2) is 42.5 Å². The zero-order chi connectivity index (χ0) is 19.4. The second-order valence-electron chi connectivity index (χ2n) is 5.85. The number of para-hydroxylation sites is 1. The van der Waals surface area contributed by atoms with Gasteiger partial charge in [-0.15, -0.1) is 10.2 Å². The van der Waals surface area contributed by atoms with Crippen molar-refractivity contribution in [2.75, 3.05) is 25.7 Å². The Morgan fingerprint density at radius 3 is 2.44 bits per heavy atom. The van der Waals surface area contributed by atoms with E-state index in [0.29, 0.717) is 28.7 Å². The maximum atomic E-state index is 13.1. The van der Waals surface area contributed by atoms with Crippen molar-refractivity contribution in [2.24, 2.45) is 0 Å². The first kappa shape index (κ1) is 18.8. The maximum absolute atomic E-state index is 13.1. The molecule has 0 N–H and O–H groups in total. The minimum absolute atomic E-state index is 0.208. The molecule has 6 nitrogen and oxygen atoms in total. The van der Waals surface area contributed by atoms with Gasteiger partial charge in [0.15, 0.2) is 11.5 Å². The van der Waals surface area contributed by atoms with E-state index in [9.17, 15) is 4.79 Å². The van der Waals surface area contributed by atoms with Crippen LogP contribution in [-0.4, -0.2) is 36.9 Å². The molecule has 0 atom stereocenters. The van der Waals surface area contributed by atoms with Crippen LogP contribution in [0.5, 0.6) is 11.5 Å². The van der Waals surface area contributed by atoms with E-state index >= 15 is 0 Å². The Bertz CT molecular complexity index is 938. The lowest BCUT2D eigenvalue weighted by atomic mass is 10.1. The quantitative estimate of drug-likeness (QED) is 0.638. The highest BCUT2D eigenvalue weighted by atomic mass is 32.1. The summed E-state index contributed by atoms with van der Waals surface area (Å²) in [6.45, 7) is 4.40. The van der Waals surface area contributed by atoms with Crippen LogP contribution in [0.25, 0.3) is 10.6 Å². The minimum atomic E-state index is -0.208. The molecular formula is C20H21N3O3S. The number of carbonyl (C=O) groups excluding carboxylic acids is 1. The number of ether oxygens (including phenoxy) is 2. The van der Waals surface area contributed by atoms with Gasteiger partial charge in [0.25, 0.3) is 5.91 Å². The molecule has 0 fully saturated rings. The second-order valence-corrected chi connectivity index (χ2v) is 6.80. The highest BCUT2D eigenvalue weighted by Crippen LogP contribution is 2.34.